The maximum atomic E-state index is 11.7. The highest BCUT2D eigenvalue weighted by atomic mass is 16.5. The number of carbonyl (C=O) groups is 1. The minimum Gasteiger partial charge on any atom is -0.497 e. The first kappa shape index (κ1) is 11.5. The molecule has 4 nitrogen and oxygen atoms in total. The lowest BCUT2D eigenvalue weighted by atomic mass is 9.80. The smallest absolute Gasteiger partial charge is 0.242 e. The fourth-order valence-electron chi connectivity index (χ4n) is 2.27. The van der Waals surface area contributed by atoms with E-state index in [1.54, 1.807) is 13.2 Å². The number of rotatable bonds is 2. The van der Waals surface area contributed by atoms with Crippen LogP contribution in [0.3, 0.4) is 0 Å². The van der Waals surface area contributed by atoms with E-state index in [0.717, 1.165) is 23.4 Å². The summed E-state index contributed by atoms with van der Waals surface area (Å²) in [6.45, 7) is 1.98. The third-order valence-corrected chi connectivity index (χ3v) is 3.18. The fourth-order valence-corrected chi connectivity index (χ4v) is 2.27. The van der Waals surface area contributed by atoms with E-state index < -0.39 is 5.92 Å². The van der Waals surface area contributed by atoms with Gasteiger partial charge in [0.25, 0.3) is 0 Å². The van der Waals surface area contributed by atoms with Crippen molar-refractivity contribution < 1.29 is 9.53 Å². The molecule has 88 valence electrons. The van der Waals surface area contributed by atoms with Gasteiger partial charge in [-0.15, -0.1) is 0 Å². The first-order valence-electron chi connectivity index (χ1n) is 5.59. The third-order valence-electron chi connectivity index (χ3n) is 3.18. The summed E-state index contributed by atoms with van der Waals surface area (Å²) in [4.78, 5) is 11.7. The highest BCUT2D eigenvalue weighted by molar-refractivity contribution is 5.98. The van der Waals surface area contributed by atoms with Gasteiger partial charge in [0.15, 0.2) is 0 Å². The molecule has 0 fully saturated rings. The Balaban J connectivity index is 2.51. The summed E-state index contributed by atoms with van der Waals surface area (Å²) in [5.74, 6) is -0.134. The van der Waals surface area contributed by atoms with E-state index in [4.69, 9.17) is 10.00 Å². The molecular formula is C13H14N2O2. The molecule has 2 unspecified atom stereocenters. The molecule has 0 bridgehead atoms. The summed E-state index contributed by atoms with van der Waals surface area (Å²) in [6, 6.07) is 7.60. The van der Waals surface area contributed by atoms with Crippen molar-refractivity contribution in [3.63, 3.8) is 0 Å². The molecular weight excluding hydrogens is 216 g/mol. The summed E-state index contributed by atoms with van der Waals surface area (Å²) >= 11 is 0. The molecule has 0 spiro atoms. The third kappa shape index (κ3) is 1.84. The molecule has 1 N–H and O–H groups in total. The molecule has 4 heteroatoms. The standard InChI is InChI=1S/C13H14N2O2/c1-3-9-10-6-8(17-2)4-5-12(10)15-13(16)11(9)7-14/h4-6,9,11H,3H2,1-2H3,(H,15,16). The molecule has 0 aliphatic carbocycles. The lowest BCUT2D eigenvalue weighted by molar-refractivity contribution is -0.119. The van der Waals surface area contributed by atoms with Crippen molar-refractivity contribution in [1.29, 1.82) is 5.26 Å². The average Bonchev–Trinajstić information content (AvgIpc) is 2.36. The van der Waals surface area contributed by atoms with Crippen molar-refractivity contribution in [2.45, 2.75) is 19.3 Å². The maximum absolute atomic E-state index is 11.7. The molecule has 0 saturated heterocycles. The zero-order valence-corrected chi connectivity index (χ0v) is 9.86. The second kappa shape index (κ2) is 4.46. The zero-order valence-electron chi connectivity index (χ0n) is 9.86. The fraction of sp³-hybridized carbons (Fsp3) is 0.385. The van der Waals surface area contributed by atoms with Crippen LogP contribution in [0.15, 0.2) is 18.2 Å². The van der Waals surface area contributed by atoms with E-state index >= 15 is 0 Å². The predicted molar refractivity (Wildman–Crippen MR) is 63.8 cm³/mol. The predicted octanol–water partition coefficient (Wildman–Crippen LogP) is 2.28. The molecule has 1 amide bonds. The number of nitrogens with one attached hydrogen (secondary N) is 1. The van der Waals surface area contributed by atoms with Gasteiger partial charge in [0.1, 0.15) is 11.7 Å². The van der Waals surface area contributed by atoms with Crippen molar-refractivity contribution in [1.82, 2.24) is 0 Å². The van der Waals surface area contributed by atoms with Gasteiger partial charge in [-0.3, -0.25) is 4.79 Å². The molecule has 1 heterocycles. The number of benzene rings is 1. The molecule has 1 aromatic carbocycles. The number of hydrogen-bond acceptors (Lipinski definition) is 3. The van der Waals surface area contributed by atoms with Gasteiger partial charge in [-0.1, -0.05) is 6.92 Å². The van der Waals surface area contributed by atoms with Gasteiger partial charge >= 0.3 is 0 Å². The summed E-state index contributed by atoms with van der Waals surface area (Å²) < 4.78 is 5.17. The Morgan fingerprint density at radius 1 is 1.53 bits per heavy atom. The van der Waals surface area contributed by atoms with E-state index in [9.17, 15) is 4.79 Å². The molecule has 0 aromatic heterocycles. The van der Waals surface area contributed by atoms with Crippen molar-refractivity contribution >= 4 is 11.6 Å². The summed E-state index contributed by atoms with van der Waals surface area (Å²) in [6.07, 6.45) is 0.756. The molecule has 0 saturated carbocycles. The van der Waals surface area contributed by atoms with Gasteiger partial charge in [-0.25, -0.2) is 0 Å². The number of anilines is 1. The second-order valence-corrected chi connectivity index (χ2v) is 4.06. The van der Waals surface area contributed by atoms with Crippen LogP contribution in [0.1, 0.15) is 24.8 Å². The first-order valence-corrected chi connectivity index (χ1v) is 5.59. The number of ether oxygens (including phenoxy) is 1. The topological polar surface area (TPSA) is 62.1 Å². The number of carbonyl (C=O) groups excluding carboxylic acids is 1. The molecule has 17 heavy (non-hydrogen) atoms. The number of hydrogen-bond donors (Lipinski definition) is 1. The molecule has 0 radical (unpaired) electrons. The highest BCUT2D eigenvalue weighted by Crippen LogP contribution is 2.39. The van der Waals surface area contributed by atoms with Gasteiger partial charge in [-0.05, 0) is 30.2 Å². The number of amides is 1. The van der Waals surface area contributed by atoms with Gasteiger partial charge < -0.3 is 10.1 Å². The number of nitriles is 1. The Kier molecular flexibility index (Phi) is 3.01. The van der Waals surface area contributed by atoms with E-state index in [-0.39, 0.29) is 11.8 Å². The minimum atomic E-state index is -0.611. The molecule has 2 rings (SSSR count). The van der Waals surface area contributed by atoms with Crippen LogP contribution in [-0.4, -0.2) is 13.0 Å². The summed E-state index contributed by atoms with van der Waals surface area (Å²) in [7, 11) is 1.60. The lowest BCUT2D eigenvalue weighted by Crippen LogP contribution is -2.32. The van der Waals surface area contributed by atoms with Crippen LogP contribution in [0, 0.1) is 17.2 Å². The average molecular weight is 230 g/mol. The van der Waals surface area contributed by atoms with Crippen LogP contribution >= 0.6 is 0 Å². The van der Waals surface area contributed by atoms with Crippen molar-refractivity contribution in [3.8, 4) is 11.8 Å². The number of nitrogens with zero attached hydrogens (tertiary/aromatic N) is 1. The number of fused-ring (bicyclic) bond motifs is 1. The zero-order chi connectivity index (χ0) is 12.4. The van der Waals surface area contributed by atoms with E-state index in [0.29, 0.717) is 0 Å². The van der Waals surface area contributed by atoms with Crippen LogP contribution in [0.25, 0.3) is 0 Å². The van der Waals surface area contributed by atoms with Gasteiger partial charge in [0.2, 0.25) is 5.91 Å². The highest BCUT2D eigenvalue weighted by Gasteiger charge is 2.34. The van der Waals surface area contributed by atoms with Gasteiger partial charge in [0.05, 0.1) is 13.2 Å². The van der Waals surface area contributed by atoms with E-state index in [2.05, 4.69) is 11.4 Å². The van der Waals surface area contributed by atoms with E-state index in [1.165, 1.54) is 0 Å². The van der Waals surface area contributed by atoms with Crippen LogP contribution in [0.5, 0.6) is 5.75 Å². The van der Waals surface area contributed by atoms with Crippen molar-refractivity contribution in [3.05, 3.63) is 23.8 Å². The van der Waals surface area contributed by atoms with Crippen molar-refractivity contribution in [2.24, 2.45) is 5.92 Å². The summed E-state index contributed by atoms with van der Waals surface area (Å²) in [5, 5.41) is 11.8. The van der Waals surface area contributed by atoms with Crippen LogP contribution in [0.4, 0.5) is 5.69 Å². The van der Waals surface area contributed by atoms with E-state index in [1.807, 2.05) is 19.1 Å². The lowest BCUT2D eigenvalue weighted by Gasteiger charge is -2.28. The minimum absolute atomic E-state index is 0.0566. The molecule has 1 aliphatic heterocycles. The van der Waals surface area contributed by atoms with Crippen LogP contribution in [-0.2, 0) is 4.79 Å². The normalized spacial score (nSPS) is 22.3. The molecule has 1 aliphatic rings. The molecule has 2 atom stereocenters. The maximum Gasteiger partial charge on any atom is 0.242 e. The Hall–Kier alpha value is -2.02. The monoisotopic (exact) mass is 230 g/mol. The Bertz CT molecular complexity index is 491. The quantitative estimate of drug-likeness (QED) is 0.847. The number of methoxy groups -OCH3 is 1. The largest absolute Gasteiger partial charge is 0.497 e. The van der Waals surface area contributed by atoms with Crippen molar-refractivity contribution in [2.75, 3.05) is 12.4 Å². The summed E-state index contributed by atoms with van der Waals surface area (Å²) in [5.41, 5.74) is 1.77. The van der Waals surface area contributed by atoms with Gasteiger partial charge in [0, 0.05) is 11.6 Å². The SMILES string of the molecule is CCC1c2cc(OC)ccc2NC(=O)C1C#N. The first-order chi connectivity index (χ1) is 8.21. The van der Waals surface area contributed by atoms with Crippen LogP contribution < -0.4 is 10.1 Å². The van der Waals surface area contributed by atoms with Gasteiger partial charge in [-0.2, -0.15) is 5.26 Å². The molecule has 1 aromatic rings. The van der Waals surface area contributed by atoms with Crippen LogP contribution in [0.2, 0.25) is 0 Å². The Labute approximate surface area is 100 Å². The second-order valence-electron chi connectivity index (χ2n) is 4.06. The Morgan fingerprint density at radius 2 is 2.29 bits per heavy atom. The Morgan fingerprint density at radius 3 is 2.88 bits per heavy atom.